The fraction of sp³-hybridized carbons (Fsp3) is 0.333. The third-order valence-corrected chi connectivity index (χ3v) is 64.1. The fourth-order valence-corrected chi connectivity index (χ4v) is 64.8. The maximum atomic E-state index is 2.65. The number of benzene rings is 4. The van der Waals surface area contributed by atoms with Crippen molar-refractivity contribution in [3.63, 3.8) is 0 Å². The first-order valence-electron chi connectivity index (χ1n) is 17.5. The molecule has 0 saturated heterocycles. The van der Waals surface area contributed by atoms with Crippen molar-refractivity contribution in [2.75, 3.05) is 0 Å². The summed E-state index contributed by atoms with van der Waals surface area (Å²) in [6.07, 6.45) is 12.2. The monoisotopic (exact) mass is 674 g/mol. The van der Waals surface area contributed by atoms with Gasteiger partial charge in [-0.3, -0.25) is 0 Å². The molecular formula is C42H52SiZr. The van der Waals surface area contributed by atoms with E-state index < -0.39 is 14.4 Å². The van der Waals surface area contributed by atoms with Gasteiger partial charge in [0.1, 0.15) is 0 Å². The van der Waals surface area contributed by atoms with E-state index in [0.29, 0.717) is 7.25 Å². The van der Waals surface area contributed by atoms with Crippen LogP contribution in [0.3, 0.4) is 0 Å². The second kappa shape index (κ2) is 10.8. The zero-order valence-electron chi connectivity index (χ0n) is 27.6. The number of fused-ring (bicyclic) bond motifs is 2. The number of allylic oxidation sites excluding steroid dienone is 2. The summed E-state index contributed by atoms with van der Waals surface area (Å²) in [5.41, 5.74) is 9.37. The normalized spacial score (nSPS) is 20.0. The van der Waals surface area contributed by atoms with E-state index in [1.54, 1.807) is 28.8 Å². The van der Waals surface area contributed by atoms with E-state index in [4.69, 9.17) is 0 Å². The zero-order valence-corrected chi connectivity index (χ0v) is 31.4. The number of unbranched alkanes of at least 4 members (excludes halogenated alkanes) is 2. The van der Waals surface area contributed by atoms with E-state index in [1.807, 2.05) is 0 Å². The number of hydrogen-bond acceptors (Lipinski definition) is 0. The Balaban J connectivity index is 2.05. The molecule has 0 aliphatic heterocycles. The summed E-state index contributed by atoms with van der Waals surface area (Å²) in [6.45, 7) is 12.4. The van der Waals surface area contributed by atoms with Crippen molar-refractivity contribution in [3.05, 3.63) is 143 Å². The van der Waals surface area contributed by atoms with Gasteiger partial charge in [-0.2, -0.15) is 0 Å². The van der Waals surface area contributed by atoms with Crippen molar-refractivity contribution >= 4 is 25.6 Å². The maximum absolute atomic E-state index is 5.96. The average molecular weight is 676 g/mol. The first kappa shape index (κ1) is 31.4. The molecule has 0 bridgehead atoms. The van der Waals surface area contributed by atoms with Crippen LogP contribution in [-0.2, 0) is 14.4 Å². The summed E-state index contributed by atoms with van der Waals surface area (Å²) < 4.78 is 6.57. The Morgan fingerprint density at radius 3 is 1.23 bits per heavy atom. The quantitative estimate of drug-likeness (QED) is 0.131. The average Bonchev–Trinajstić information content (AvgIpc) is 3.69. The van der Waals surface area contributed by atoms with Gasteiger partial charge < -0.3 is 0 Å². The molecule has 0 N–H and O–H groups in total. The first-order chi connectivity index (χ1) is 21.3. The summed E-state index contributed by atoms with van der Waals surface area (Å²) in [4.78, 5) is 0. The van der Waals surface area contributed by atoms with E-state index in [9.17, 15) is 0 Å². The minimum atomic E-state index is -5.96. The molecule has 2 aliphatic carbocycles. The van der Waals surface area contributed by atoms with Gasteiger partial charge >= 0.3 is 264 Å². The topological polar surface area (TPSA) is 0 Å². The Morgan fingerprint density at radius 1 is 0.500 bits per heavy atom. The van der Waals surface area contributed by atoms with Crippen molar-refractivity contribution in [1.29, 1.82) is 0 Å². The second-order valence-corrected chi connectivity index (χ2v) is 57.4. The summed E-state index contributed by atoms with van der Waals surface area (Å²) >= 11 is -5.96. The molecule has 44 heavy (non-hydrogen) atoms. The number of rotatable bonds is 12. The van der Waals surface area contributed by atoms with Crippen molar-refractivity contribution in [2.24, 2.45) is 0 Å². The first-order valence-corrected chi connectivity index (χ1v) is 32.2. The van der Waals surface area contributed by atoms with Crippen LogP contribution in [0, 0.1) is 0 Å². The Kier molecular flexibility index (Phi) is 7.70. The molecule has 0 amide bonds. The van der Waals surface area contributed by atoms with Crippen LogP contribution < -0.4 is 6.54 Å². The summed E-state index contributed by atoms with van der Waals surface area (Å²) in [6, 6.07) is 43.5. The van der Waals surface area contributed by atoms with Crippen LogP contribution in [0.15, 0.2) is 120 Å². The Bertz CT molecular complexity index is 1730. The molecule has 2 aliphatic rings. The van der Waals surface area contributed by atoms with E-state index in [-0.39, 0.29) is 0 Å². The summed E-state index contributed by atoms with van der Waals surface area (Å²) in [5, 5.41) is 0. The van der Waals surface area contributed by atoms with Gasteiger partial charge in [0.2, 0.25) is 0 Å². The molecule has 2 atom stereocenters. The predicted molar refractivity (Wildman–Crippen MR) is 195 cm³/mol. The van der Waals surface area contributed by atoms with Gasteiger partial charge in [-0.25, -0.2) is 0 Å². The van der Waals surface area contributed by atoms with Crippen LogP contribution >= 0.6 is 0 Å². The van der Waals surface area contributed by atoms with Crippen molar-refractivity contribution in [2.45, 2.75) is 81.7 Å². The Hall–Kier alpha value is -2.54. The van der Waals surface area contributed by atoms with Crippen LogP contribution in [0.4, 0.5) is 0 Å². The molecular weight excluding hydrogens is 624 g/mol. The molecule has 0 spiro atoms. The Morgan fingerprint density at radius 2 is 0.864 bits per heavy atom. The van der Waals surface area contributed by atoms with Gasteiger partial charge in [0, 0.05) is 0 Å². The van der Waals surface area contributed by atoms with Gasteiger partial charge in [-0.1, -0.05) is 0 Å². The zero-order chi connectivity index (χ0) is 31.0. The third-order valence-electron chi connectivity index (χ3n) is 13.6. The third kappa shape index (κ3) is 3.59. The molecule has 2 heteroatoms. The number of hydrogen-bond donors (Lipinski definition) is 0. The SMILES string of the molecule is CCC[CH2][Zr](=[SiH2])([CH2]CCC)([c]1ccccc1)([c]1ccccc1)([CH]1C(CC)=Cc2ccccc21)[CH]1C(CC)=Cc2ccccc21. The van der Waals surface area contributed by atoms with Crippen molar-refractivity contribution in [1.82, 2.24) is 0 Å². The van der Waals surface area contributed by atoms with Gasteiger partial charge in [0.05, 0.1) is 0 Å². The van der Waals surface area contributed by atoms with Crippen LogP contribution in [0.5, 0.6) is 0 Å². The molecule has 4 aromatic rings. The standard InChI is InChI=1S/2C11H11.2C6H5.2C4H9.H2Si.Zr/c2*1-2-9-7-10-5-3-4-6-11(10)8-9;2*1-2-4-6-5-3-1;2*1-3-4-2;;/h2*3-8H,2H2,1H3;2*1-5H;2*1,3-4H2,2H3;1H2;. The van der Waals surface area contributed by atoms with E-state index >= 15 is 0 Å². The second-order valence-electron chi connectivity index (χ2n) is 15.1. The minimum absolute atomic E-state index is 0.347. The molecule has 0 nitrogen and oxygen atoms in total. The molecule has 4 aromatic carbocycles. The van der Waals surface area contributed by atoms with Crippen LogP contribution in [0.1, 0.15) is 95.7 Å². The predicted octanol–water partition coefficient (Wildman–Crippen LogP) is 10.5. The molecule has 0 heterocycles. The van der Waals surface area contributed by atoms with Crippen LogP contribution in [0.2, 0.25) is 8.26 Å². The molecule has 2 unspecified atom stereocenters. The van der Waals surface area contributed by atoms with Gasteiger partial charge in [0.15, 0.2) is 0 Å². The van der Waals surface area contributed by atoms with Gasteiger partial charge in [-0.15, -0.1) is 0 Å². The van der Waals surface area contributed by atoms with Crippen LogP contribution in [-0.4, -0.2) is 6.88 Å². The molecule has 0 fully saturated rings. The molecule has 6 rings (SSSR count). The van der Waals surface area contributed by atoms with Crippen LogP contribution in [0.25, 0.3) is 12.2 Å². The Labute approximate surface area is 262 Å². The summed E-state index contributed by atoms with van der Waals surface area (Å²) in [7, 11) is 0. The fourth-order valence-electron chi connectivity index (χ4n) is 11.9. The van der Waals surface area contributed by atoms with Gasteiger partial charge in [-0.05, 0) is 0 Å². The van der Waals surface area contributed by atoms with Crippen molar-refractivity contribution in [3.8, 4) is 0 Å². The molecule has 0 saturated carbocycles. The molecule has 0 radical (unpaired) electrons. The van der Waals surface area contributed by atoms with E-state index in [2.05, 4.69) is 156 Å². The molecule has 228 valence electrons. The van der Waals surface area contributed by atoms with Gasteiger partial charge in [0.25, 0.3) is 0 Å². The van der Waals surface area contributed by atoms with E-state index in [0.717, 1.165) is 12.8 Å². The van der Waals surface area contributed by atoms with Crippen molar-refractivity contribution < 1.29 is 14.4 Å². The molecule has 0 aromatic heterocycles. The van der Waals surface area contributed by atoms with E-state index in [1.165, 1.54) is 45.1 Å². The summed E-state index contributed by atoms with van der Waals surface area (Å²) in [5.74, 6) is 0.